The van der Waals surface area contributed by atoms with Crippen LogP contribution in [0, 0.1) is 0 Å². The van der Waals surface area contributed by atoms with Gasteiger partial charge in [0.05, 0.1) is 25.0 Å². The zero-order chi connectivity index (χ0) is 17.4. The van der Waals surface area contributed by atoms with Gasteiger partial charge in [0.2, 0.25) is 0 Å². The maximum atomic E-state index is 11.7. The Morgan fingerprint density at radius 1 is 1.12 bits per heavy atom. The molecule has 8 heteroatoms. The first-order valence-corrected chi connectivity index (χ1v) is 7.05. The fraction of sp³-hybridized carbons (Fsp3) is 0.188. The van der Waals surface area contributed by atoms with E-state index in [0.717, 1.165) is 0 Å². The highest BCUT2D eigenvalue weighted by molar-refractivity contribution is 5.96. The van der Waals surface area contributed by atoms with E-state index < -0.39 is 24.5 Å². The molecule has 0 bridgehead atoms. The topological polar surface area (TPSA) is 118 Å². The van der Waals surface area contributed by atoms with Gasteiger partial charge in [0, 0.05) is 0 Å². The number of nitrogens with one attached hydrogen (secondary N) is 2. The van der Waals surface area contributed by atoms with Crippen molar-refractivity contribution in [2.45, 2.75) is 13.2 Å². The van der Waals surface area contributed by atoms with Gasteiger partial charge in [-0.3, -0.25) is 10.1 Å². The van der Waals surface area contributed by atoms with Crippen molar-refractivity contribution < 1.29 is 28.6 Å². The summed E-state index contributed by atoms with van der Waals surface area (Å²) in [5.74, 6) is -0.923. The van der Waals surface area contributed by atoms with E-state index >= 15 is 0 Å². The molecule has 0 aliphatic carbocycles. The van der Waals surface area contributed by atoms with Crippen molar-refractivity contribution in [3.8, 4) is 0 Å². The number of esters is 1. The predicted octanol–water partition coefficient (Wildman–Crippen LogP) is 0.955. The fourth-order valence-corrected chi connectivity index (χ4v) is 1.75. The van der Waals surface area contributed by atoms with E-state index in [4.69, 9.17) is 14.3 Å². The third-order valence-corrected chi connectivity index (χ3v) is 2.96. The van der Waals surface area contributed by atoms with Crippen LogP contribution in [0.4, 0.5) is 4.79 Å². The molecule has 0 aliphatic rings. The maximum Gasteiger partial charge on any atom is 0.338 e. The molecule has 0 atom stereocenters. The molecular weight excluding hydrogens is 316 g/mol. The zero-order valence-electron chi connectivity index (χ0n) is 12.7. The molecule has 1 aromatic heterocycles. The summed E-state index contributed by atoms with van der Waals surface area (Å²) in [7, 11) is 0. The van der Waals surface area contributed by atoms with E-state index in [9.17, 15) is 14.4 Å². The number of carbonyl (C=O) groups excluding carboxylic acids is 3. The zero-order valence-corrected chi connectivity index (χ0v) is 12.7. The van der Waals surface area contributed by atoms with Crippen molar-refractivity contribution in [3.63, 3.8) is 0 Å². The van der Waals surface area contributed by atoms with Crippen LogP contribution in [0.1, 0.15) is 21.7 Å². The quantitative estimate of drug-likeness (QED) is 0.678. The summed E-state index contributed by atoms with van der Waals surface area (Å²) >= 11 is 0. The van der Waals surface area contributed by atoms with Crippen LogP contribution < -0.4 is 10.6 Å². The summed E-state index contributed by atoms with van der Waals surface area (Å²) in [6.45, 7) is -0.595. The Morgan fingerprint density at radius 3 is 2.50 bits per heavy atom. The Bertz CT molecular complexity index is 694. The summed E-state index contributed by atoms with van der Waals surface area (Å²) < 4.78 is 9.82. The Morgan fingerprint density at radius 2 is 1.88 bits per heavy atom. The monoisotopic (exact) mass is 332 g/mol. The van der Waals surface area contributed by atoms with Crippen LogP contribution in [-0.2, 0) is 22.7 Å². The van der Waals surface area contributed by atoms with Gasteiger partial charge in [-0.25, -0.2) is 9.59 Å². The molecule has 0 fully saturated rings. The Labute approximate surface area is 137 Å². The van der Waals surface area contributed by atoms with E-state index in [-0.39, 0.29) is 18.7 Å². The molecule has 0 radical (unpaired) electrons. The van der Waals surface area contributed by atoms with Crippen LogP contribution in [0.2, 0.25) is 0 Å². The second-order valence-electron chi connectivity index (χ2n) is 4.74. The standard InChI is InChI=1S/C16H16N2O6/c19-9-11-3-5-12(6-4-11)15(21)24-10-14(20)18-16(22)17-8-13-2-1-7-23-13/h1-7,19H,8-10H2,(H2,17,18,20,22). The van der Waals surface area contributed by atoms with Crippen molar-refractivity contribution in [3.05, 3.63) is 59.5 Å². The lowest BCUT2D eigenvalue weighted by atomic mass is 10.1. The molecular formula is C16H16N2O6. The third-order valence-electron chi connectivity index (χ3n) is 2.96. The average Bonchev–Trinajstić information content (AvgIpc) is 3.11. The van der Waals surface area contributed by atoms with Gasteiger partial charge < -0.3 is 19.6 Å². The largest absolute Gasteiger partial charge is 0.467 e. The summed E-state index contributed by atoms with van der Waals surface area (Å²) in [6, 6.07) is 8.71. The number of imide groups is 1. The molecule has 8 nitrogen and oxygen atoms in total. The SMILES string of the molecule is O=C(COC(=O)c1ccc(CO)cc1)NC(=O)NCc1ccco1. The molecule has 1 aromatic carbocycles. The number of urea groups is 1. The highest BCUT2D eigenvalue weighted by Gasteiger charge is 2.12. The van der Waals surface area contributed by atoms with Crippen LogP contribution in [0.5, 0.6) is 0 Å². The number of benzene rings is 1. The number of furan rings is 1. The number of aliphatic hydroxyl groups excluding tert-OH is 1. The van der Waals surface area contributed by atoms with Crippen LogP contribution in [0.3, 0.4) is 0 Å². The van der Waals surface area contributed by atoms with Crippen LogP contribution in [0.25, 0.3) is 0 Å². The first-order valence-electron chi connectivity index (χ1n) is 7.05. The van der Waals surface area contributed by atoms with E-state index in [2.05, 4.69) is 5.32 Å². The van der Waals surface area contributed by atoms with Crippen molar-refractivity contribution in [2.24, 2.45) is 0 Å². The van der Waals surface area contributed by atoms with Gasteiger partial charge >= 0.3 is 12.0 Å². The molecule has 0 spiro atoms. The minimum Gasteiger partial charge on any atom is -0.467 e. The summed E-state index contributed by atoms with van der Waals surface area (Å²) in [4.78, 5) is 34.8. The second-order valence-corrected chi connectivity index (χ2v) is 4.74. The highest BCUT2D eigenvalue weighted by atomic mass is 16.5. The summed E-state index contributed by atoms with van der Waals surface area (Å²) in [5, 5.41) is 13.4. The van der Waals surface area contributed by atoms with Gasteiger partial charge in [-0.15, -0.1) is 0 Å². The maximum absolute atomic E-state index is 11.7. The molecule has 24 heavy (non-hydrogen) atoms. The highest BCUT2D eigenvalue weighted by Crippen LogP contribution is 2.05. The van der Waals surface area contributed by atoms with Crippen molar-refractivity contribution in [1.29, 1.82) is 0 Å². The average molecular weight is 332 g/mol. The van der Waals surface area contributed by atoms with E-state index in [1.165, 1.54) is 18.4 Å². The van der Waals surface area contributed by atoms with E-state index in [1.807, 2.05) is 5.32 Å². The molecule has 1 heterocycles. The number of hydrogen-bond donors (Lipinski definition) is 3. The Hall–Kier alpha value is -3.13. The lowest BCUT2D eigenvalue weighted by Gasteiger charge is -2.07. The lowest BCUT2D eigenvalue weighted by molar-refractivity contribution is -0.123. The number of carbonyl (C=O) groups is 3. The van der Waals surface area contributed by atoms with Crippen molar-refractivity contribution in [2.75, 3.05) is 6.61 Å². The minimum absolute atomic E-state index is 0.128. The summed E-state index contributed by atoms with van der Waals surface area (Å²) in [5.41, 5.74) is 0.889. The van der Waals surface area contributed by atoms with Gasteiger partial charge in [-0.05, 0) is 29.8 Å². The number of amides is 3. The van der Waals surface area contributed by atoms with Gasteiger partial charge in [-0.1, -0.05) is 12.1 Å². The molecule has 3 N–H and O–H groups in total. The van der Waals surface area contributed by atoms with Crippen molar-refractivity contribution >= 4 is 17.9 Å². The fourth-order valence-electron chi connectivity index (χ4n) is 1.75. The first-order chi connectivity index (χ1) is 11.6. The van der Waals surface area contributed by atoms with Crippen molar-refractivity contribution in [1.82, 2.24) is 10.6 Å². The minimum atomic E-state index is -0.757. The molecule has 126 valence electrons. The van der Waals surface area contributed by atoms with Gasteiger partial charge in [0.25, 0.3) is 5.91 Å². The smallest absolute Gasteiger partial charge is 0.338 e. The first kappa shape index (κ1) is 17.2. The molecule has 0 unspecified atom stereocenters. The normalized spacial score (nSPS) is 10.0. The van der Waals surface area contributed by atoms with Crippen LogP contribution in [0.15, 0.2) is 47.1 Å². The molecule has 3 amide bonds. The van der Waals surface area contributed by atoms with Gasteiger partial charge in [0.1, 0.15) is 5.76 Å². The van der Waals surface area contributed by atoms with Crippen LogP contribution in [-0.4, -0.2) is 29.6 Å². The summed E-state index contributed by atoms with van der Waals surface area (Å²) in [6.07, 6.45) is 1.46. The lowest BCUT2D eigenvalue weighted by Crippen LogP contribution is -2.41. The molecule has 2 aromatic rings. The second kappa shape index (κ2) is 8.49. The molecule has 0 aliphatic heterocycles. The number of aliphatic hydroxyl groups is 1. The van der Waals surface area contributed by atoms with E-state index in [0.29, 0.717) is 11.3 Å². The van der Waals surface area contributed by atoms with Crippen LogP contribution >= 0.6 is 0 Å². The predicted molar refractivity (Wildman–Crippen MR) is 81.7 cm³/mol. The Balaban J connectivity index is 1.71. The number of hydrogen-bond acceptors (Lipinski definition) is 6. The third kappa shape index (κ3) is 5.25. The molecule has 0 saturated heterocycles. The Kier molecular flexibility index (Phi) is 6.09. The number of ether oxygens (including phenoxy) is 1. The molecule has 2 rings (SSSR count). The molecule has 0 saturated carbocycles. The van der Waals surface area contributed by atoms with Gasteiger partial charge in [0.15, 0.2) is 6.61 Å². The number of rotatable bonds is 6. The van der Waals surface area contributed by atoms with Gasteiger partial charge in [-0.2, -0.15) is 0 Å². The van der Waals surface area contributed by atoms with E-state index in [1.54, 1.807) is 24.3 Å².